The van der Waals surface area contributed by atoms with Crippen molar-refractivity contribution < 1.29 is 0 Å². The molecule has 1 saturated carbocycles. The van der Waals surface area contributed by atoms with Crippen LogP contribution in [0.3, 0.4) is 0 Å². The van der Waals surface area contributed by atoms with E-state index in [-0.39, 0.29) is 33.9 Å². The van der Waals surface area contributed by atoms with Crippen molar-refractivity contribution in [3.05, 3.63) is 263 Å². The molecule has 2 unspecified atom stereocenters. The lowest BCUT2D eigenvalue weighted by molar-refractivity contribution is 0.195. The molecule has 0 radical (unpaired) electrons. The summed E-state index contributed by atoms with van der Waals surface area (Å²) in [5, 5.41) is 0. The Morgan fingerprint density at radius 2 is 0.872 bits per heavy atom. The highest BCUT2D eigenvalue weighted by Gasteiger charge is 2.59. The number of hydrogen-bond donors (Lipinski definition) is 0. The minimum atomic E-state index is -0.563. The molecule has 10 aromatic rings. The van der Waals surface area contributed by atoms with Crippen LogP contribution >= 0.6 is 0 Å². The number of nitrogens with zero attached hydrogens (tertiary/aromatic N) is 4. The van der Waals surface area contributed by atoms with Gasteiger partial charge in [0.25, 0.3) is 6.71 Å². The molecular formula is C81H77BN4. The van der Waals surface area contributed by atoms with E-state index < -0.39 is 5.41 Å². The first-order valence-electron chi connectivity index (χ1n) is 31.7. The standard InChI is InChI=1S/C81H77BN4/c1-76(2,3)52-33-39-55(40-34-52)83(56-41-35-53(36-42-56)77(4,5)6)59-50-72-74-73(51-59)85-69-31-18-17-28-65(69)81(62-25-14-12-23-60(62)61-24-13-15-26-63(61)81)66-29-22-30-68(75(66)85)82(74)67-46-45-58(49-71(67)84(72)57-43-37-54(38-44-57)78(7,8)9)86-70-32-19-16-27-64(70)79(10)47-20-21-48-80(79,86)11/h12-19,22-46,49-51H,20-21,47-48H2,1-11H3. The first kappa shape index (κ1) is 53.0. The van der Waals surface area contributed by atoms with E-state index in [0.29, 0.717) is 0 Å². The summed E-state index contributed by atoms with van der Waals surface area (Å²) in [5.74, 6) is 0. The van der Waals surface area contributed by atoms with Gasteiger partial charge in [-0.05, 0) is 181 Å². The Labute approximate surface area is 510 Å². The molecule has 6 aliphatic rings. The Balaban J connectivity index is 1.03. The fraction of sp³-hybridized carbons (Fsp3) is 0.259. The summed E-state index contributed by atoms with van der Waals surface area (Å²) < 4.78 is 0. The van der Waals surface area contributed by atoms with E-state index in [2.05, 4.69) is 314 Å². The van der Waals surface area contributed by atoms with E-state index in [9.17, 15) is 0 Å². The Hall–Kier alpha value is -8.54. The van der Waals surface area contributed by atoms with Crippen LogP contribution < -0.4 is 36.0 Å². The molecule has 0 bridgehead atoms. The van der Waals surface area contributed by atoms with Crippen molar-refractivity contribution in [3.63, 3.8) is 0 Å². The monoisotopic (exact) mass is 1120 g/mol. The Morgan fingerprint density at radius 3 is 1.47 bits per heavy atom. The van der Waals surface area contributed by atoms with Crippen LogP contribution in [-0.2, 0) is 27.1 Å². The summed E-state index contributed by atoms with van der Waals surface area (Å²) in [4.78, 5) is 10.7. The van der Waals surface area contributed by atoms with Crippen LogP contribution in [0.4, 0.5) is 62.6 Å². The average Bonchev–Trinajstić information content (AvgIpc) is 1.17. The SMILES string of the molecule is CC(C)(C)c1ccc(N(c2ccc(C(C)(C)C)cc2)c2cc3c4c(c2)N2c5ccccc5C5(c6ccccc6-c6ccccc65)c5cccc(c52)B4c2ccc(N4c5ccccc5C5(C)CCCCC45C)cc2N3c2ccc(C(C)(C)C)cc2)cc1. The van der Waals surface area contributed by atoms with Crippen molar-refractivity contribution in [2.45, 2.75) is 134 Å². The van der Waals surface area contributed by atoms with E-state index in [1.807, 2.05) is 0 Å². The van der Waals surface area contributed by atoms with Crippen LogP contribution in [0.5, 0.6) is 0 Å². The molecule has 2 atom stereocenters. The smallest absolute Gasteiger partial charge is 0.252 e. The van der Waals surface area contributed by atoms with E-state index in [4.69, 9.17) is 0 Å². The van der Waals surface area contributed by atoms with Crippen molar-refractivity contribution in [1.82, 2.24) is 0 Å². The third-order valence-electron chi connectivity index (χ3n) is 21.5. The van der Waals surface area contributed by atoms with Gasteiger partial charge in [0, 0.05) is 56.6 Å². The van der Waals surface area contributed by atoms with Gasteiger partial charge in [0.05, 0.1) is 22.3 Å². The molecule has 4 heterocycles. The quantitative estimate of drug-likeness (QED) is 0.159. The molecule has 0 saturated heterocycles. The van der Waals surface area contributed by atoms with Crippen molar-refractivity contribution in [1.29, 1.82) is 0 Å². The highest BCUT2D eigenvalue weighted by atomic mass is 15.3. The van der Waals surface area contributed by atoms with Gasteiger partial charge < -0.3 is 19.6 Å². The summed E-state index contributed by atoms with van der Waals surface area (Å²) in [5.41, 5.74) is 29.8. The zero-order chi connectivity index (χ0) is 59.0. The number of rotatable bonds is 5. The van der Waals surface area contributed by atoms with Gasteiger partial charge >= 0.3 is 0 Å². The third kappa shape index (κ3) is 7.24. The molecule has 0 aromatic heterocycles. The third-order valence-corrected chi connectivity index (χ3v) is 21.5. The predicted octanol–water partition coefficient (Wildman–Crippen LogP) is 19.6. The van der Waals surface area contributed by atoms with Crippen molar-refractivity contribution in [2.24, 2.45) is 0 Å². The van der Waals surface area contributed by atoms with Gasteiger partial charge in [0.15, 0.2) is 0 Å². The van der Waals surface area contributed by atoms with Gasteiger partial charge in [-0.3, -0.25) is 0 Å². The maximum atomic E-state index is 2.77. The molecule has 5 heteroatoms. The van der Waals surface area contributed by atoms with E-state index in [1.54, 1.807) is 0 Å². The molecule has 424 valence electrons. The summed E-state index contributed by atoms with van der Waals surface area (Å²) in [6, 6.07) is 85.7. The normalized spacial score (nSPS) is 19.0. The highest BCUT2D eigenvalue weighted by Crippen LogP contribution is 2.65. The van der Waals surface area contributed by atoms with Gasteiger partial charge in [-0.1, -0.05) is 228 Å². The van der Waals surface area contributed by atoms with Gasteiger partial charge in [-0.2, -0.15) is 0 Å². The zero-order valence-corrected chi connectivity index (χ0v) is 52.0. The number of para-hydroxylation sites is 3. The topological polar surface area (TPSA) is 13.0 Å². The largest absolute Gasteiger partial charge is 0.334 e. The van der Waals surface area contributed by atoms with Crippen LogP contribution in [0, 0.1) is 0 Å². The zero-order valence-electron chi connectivity index (χ0n) is 52.0. The molecule has 1 fully saturated rings. The Morgan fingerprint density at radius 1 is 0.384 bits per heavy atom. The first-order chi connectivity index (χ1) is 41.3. The fourth-order valence-corrected chi connectivity index (χ4v) is 16.9. The maximum absolute atomic E-state index is 2.77. The highest BCUT2D eigenvalue weighted by molar-refractivity contribution is 7.00. The molecule has 0 amide bonds. The van der Waals surface area contributed by atoms with E-state index in [0.717, 1.165) is 29.2 Å². The Bertz CT molecular complexity index is 4320. The molecule has 1 spiro atoms. The lowest BCUT2D eigenvalue weighted by atomic mass is 9.33. The van der Waals surface area contributed by atoms with Crippen LogP contribution in [0.25, 0.3) is 11.1 Å². The summed E-state index contributed by atoms with van der Waals surface area (Å²) in [6.45, 7) is 25.9. The van der Waals surface area contributed by atoms with E-state index >= 15 is 0 Å². The van der Waals surface area contributed by atoms with Gasteiger partial charge in [0.1, 0.15) is 0 Å². The molecule has 10 aromatic carbocycles. The van der Waals surface area contributed by atoms with Crippen LogP contribution in [0.1, 0.15) is 146 Å². The maximum Gasteiger partial charge on any atom is 0.252 e. The van der Waals surface area contributed by atoms with Crippen molar-refractivity contribution in [3.8, 4) is 11.1 Å². The number of anilines is 11. The second kappa shape index (κ2) is 18.3. The second-order valence-corrected chi connectivity index (χ2v) is 29.2. The van der Waals surface area contributed by atoms with Crippen molar-refractivity contribution in [2.75, 3.05) is 19.6 Å². The number of benzene rings is 10. The molecule has 86 heavy (non-hydrogen) atoms. The lowest BCUT2D eigenvalue weighted by Gasteiger charge is -2.51. The number of hydrogen-bond acceptors (Lipinski definition) is 4. The second-order valence-electron chi connectivity index (χ2n) is 29.2. The summed E-state index contributed by atoms with van der Waals surface area (Å²) in [6.07, 6.45) is 4.78. The van der Waals surface area contributed by atoms with Gasteiger partial charge in [-0.25, -0.2) is 0 Å². The molecule has 16 rings (SSSR count). The van der Waals surface area contributed by atoms with E-state index in [1.165, 1.54) is 131 Å². The summed E-state index contributed by atoms with van der Waals surface area (Å²) >= 11 is 0. The number of fused-ring (bicyclic) bond motifs is 16. The van der Waals surface area contributed by atoms with Crippen molar-refractivity contribution >= 4 is 85.7 Å². The minimum Gasteiger partial charge on any atom is -0.334 e. The predicted molar refractivity (Wildman–Crippen MR) is 365 cm³/mol. The average molecular weight is 1120 g/mol. The molecule has 2 aliphatic carbocycles. The molecular weight excluding hydrogens is 1040 g/mol. The lowest BCUT2D eigenvalue weighted by Crippen LogP contribution is -2.62. The van der Waals surface area contributed by atoms with Crippen LogP contribution in [0.2, 0.25) is 0 Å². The van der Waals surface area contributed by atoms with Gasteiger partial charge in [-0.15, -0.1) is 0 Å². The molecule has 4 nitrogen and oxygen atoms in total. The molecule has 0 N–H and O–H groups in total. The molecule has 4 aliphatic heterocycles. The minimum absolute atomic E-state index is 0.00730. The Kier molecular flexibility index (Phi) is 11.2. The van der Waals surface area contributed by atoms with Crippen LogP contribution in [0.15, 0.2) is 218 Å². The first-order valence-corrected chi connectivity index (χ1v) is 31.7. The van der Waals surface area contributed by atoms with Gasteiger partial charge in [0.2, 0.25) is 0 Å². The fourth-order valence-electron chi connectivity index (χ4n) is 16.9. The summed E-state index contributed by atoms with van der Waals surface area (Å²) in [7, 11) is 0. The van der Waals surface area contributed by atoms with Crippen LogP contribution in [-0.4, -0.2) is 12.3 Å².